The number of hydrogen-bond donors (Lipinski definition) is 1. The topological polar surface area (TPSA) is 30.5 Å². The summed E-state index contributed by atoms with van der Waals surface area (Å²) >= 11 is 0. The van der Waals surface area contributed by atoms with Gasteiger partial charge < -0.3 is 14.8 Å². The van der Waals surface area contributed by atoms with Crippen molar-refractivity contribution in [2.24, 2.45) is 5.92 Å². The molecule has 0 unspecified atom stereocenters. The first-order valence-electron chi connectivity index (χ1n) is 7.42. The van der Waals surface area contributed by atoms with Gasteiger partial charge in [-0.1, -0.05) is 19.4 Å². The van der Waals surface area contributed by atoms with Crippen LogP contribution in [0.1, 0.15) is 38.7 Å². The van der Waals surface area contributed by atoms with Gasteiger partial charge in [-0.3, -0.25) is 0 Å². The molecule has 2 rings (SSSR count). The van der Waals surface area contributed by atoms with E-state index in [2.05, 4.69) is 24.4 Å². The first-order chi connectivity index (χ1) is 9.33. The Morgan fingerprint density at radius 3 is 2.63 bits per heavy atom. The Bertz CT molecular complexity index is 388. The van der Waals surface area contributed by atoms with E-state index in [0.29, 0.717) is 6.61 Å². The zero-order valence-corrected chi connectivity index (χ0v) is 12.1. The lowest BCUT2D eigenvalue weighted by Crippen LogP contribution is -2.19. The molecule has 1 saturated carbocycles. The van der Waals surface area contributed by atoms with Crippen LogP contribution in [-0.2, 0) is 6.54 Å². The van der Waals surface area contributed by atoms with E-state index in [1.807, 2.05) is 13.0 Å². The van der Waals surface area contributed by atoms with E-state index < -0.39 is 0 Å². The van der Waals surface area contributed by atoms with Gasteiger partial charge in [0.2, 0.25) is 0 Å². The number of rotatable bonds is 8. The molecule has 19 heavy (non-hydrogen) atoms. The fourth-order valence-electron chi connectivity index (χ4n) is 2.19. The van der Waals surface area contributed by atoms with Crippen LogP contribution >= 0.6 is 0 Å². The lowest BCUT2D eigenvalue weighted by atomic mass is 9.86. The summed E-state index contributed by atoms with van der Waals surface area (Å²) < 4.78 is 11.6. The van der Waals surface area contributed by atoms with Crippen molar-refractivity contribution in [3.05, 3.63) is 23.8 Å². The van der Waals surface area contributed by atoms with Gasteiger partial charge >= 0.3 is 0 Å². The van der Waals surface area contributed by atoms with Gasteiger partial charge in [-0.25, -0.2) is 0 Å². The summed E-state index contributed by atoms with van der Waals surface area (Å²) in [4.78, 5) is 0. The molecule has 0 heterocycles. The molecule has 0 amide bonds. The number of ether oxygens (including phenoxy) is 2. The van der Waals surface area contributed by atoms with Crippen molar-refractivity contribution in [2.75, 3.05) is 19.8 Å². The van der Waals surface area contributed by atoms with Crippen molar-refractivity contribution >= 4 is 0 Å². The van der Waals surface area contributed by atoms with Crippen LogP contribution in [-0.4, -0.2) is 19.8 Å². The molecule has 0 aliphatic heterocycles. The van der Waals surface area contributed by atoms with Crippen LogP contribution < -0.4 is 14.8 Å². The molecule has 0 aromatic heterocycles. The molecule has 1 fully saturated rings. The van der Waals surface area contributed by atoms with Crippen molar-refractivity contribution in [3.8, 4) is 11.5 Å². The van der Waals surface area contributed by atoms with Gasteiger partial charge in [0.15, 0.2) is 11.5 Å². The van der Waals surface area contributed by atoms with Crippen molar-refractivity contribution in [1.29, 1.82) is 0 Å². The fraction of sp³-hybridized carbons (Fsp3) is 0.625. The maximum absolute atomic E-state index is 5.91. The van der Waals surface area contributed by atoms with E-state index in [1.165, 1.54) is 24.8 Å². The average Bonchev–Trinajstić information content (AvgIpc) is 2.37. The molecule has 1 aromatic carbocycles. The lowest BCUT2D eigenvalue weighted by Gasteiger charge is -2.25. The molecule has 1 aromatic rings. The zero-order chi connectivity index (χ0) is 13.5. The van der Waals surface area contributed by atoms with Crippen molar-refractivity contribution in [2.45, 2.75) is 39.7 Å². The van der Waals surface area contributed by atoms with E-state index >= 15 is 0 Å². The van der Waals surface area contributed by atoms with Gasteiger partial charge in [0, 0.05) is 6.54 Å². The van der Waals surface area contributed by atoms with Crippen LogP contribution in [0.15, 0.2) is 18.2 Å². The van der Waals surface area contributed by atoms with Gasteiger partial charge in [0.05, 0.1) is 13.2 Å². The maximum Gasteiger partial charge on any atom is 0.161 e. The predicted octanol–water partition coefficient (Wildman–Crippen LogP) is 3.37. The maximum atomic E-state index is 5.91. The predicted molar refractivity (Wildman–Crippen MR) is 77.8 cm³/mol. The van der Waals surface area contributed by atoms with E-state index in [-0.39, 0.29) is 0 Å². The molecule has 3 heteroatoms. The molecule has 106 valence electrons. The van der Waals surface area contributed by atoms with Crippen LogP contribution in [0.2, 0.25) is 0 Å². The Morgan fingerprint density at radius 1 is 1.16 bits per heavy atom. The minimum atomic E-state index is 0.671. The summed E-state index contributed by atoms with van der Waals surface area (Å²) in [6.07, 6.45) is 3.97. The quantitative estimate of drug-likeness (QED) is 0.780. The molecule has 0 radical (unpaired) electrons. The smallest absolute Gasteiger partial charge is 0.161 e. The number of hydrogen-bond acceptors (Lipinski definition) is 3. The number of nitrogens with one attached hydrogen (secondary N) is 1. The number of benzene rings is 1. The Morgan fingerprint density at radius 2 is 2.00 bits per heavy atom. The summed E-state index contributed by atoms with van der Waals surface area (Å²) in [5, 5.41) is 3.33. The van der Waals surface area contributed by atoms with Gasteiger partial charge in [-0.15, -0.1) is 0 Å². The second-order valence-corrected chi connectivity index (χ2v) is 5.10. The minimum Gasteiger partial charge on any atom is -0.490 e. The Labute approximate surface area is 116 Å². The molecule has 3 nitrogen and oxygen atoms in total. The normalized spacial score (nSPS) is 15.1. The molecule has 1 N–H and O–H groups in total. The summed E-state index contributed by atoms with van der Waals surface area (Å²) in [5.74, 6) is 2.50. The largest absolute Gasteiger partial charge is 0.490 e. The van der Waals surface area contributed by atoms with Crippen molar-refractivity contribution in [3.63, 3.8) is 0 Å². The molecule has 1 aliphatic carbocycles. The highest BCUT2D eigenvalue weighted by atomic mass is 16.5. The molecular weight excluding hydrogens is 238 g/mol. The van der Waals surface area contributed by atoms with Gasteiger partial charge in [-0.2, -0.15) is 0 Å². The Kier molecular flexibility index (Phi) is 5.52. The van der Waals surface area contributed by atoms with E-state index in [0.717, 1.165) is 37.1 Å². The van der Waals surface area contributed by atoms with Crippen molar-refractivity contribution < 1.29 is 9.47 Å². The summed E-state index contributed by atoms with van der Waals surface area (Å²) in [7, 11) is 0. The second-order valence-electron chi connectivity index (χ2n) is 5.10. The molecule has 1 aliphatic rings. The molecule has 0 saturated heterocycles. The van der Waals surface area contributed by atoms with Gasteiger partial charge in [0.1, 0.15) is 0 Å². The molecule has 0 bridgehead atoms. The third kappa shape index (κ3) is 4.13. The van der Waals surface area contributed by atoms with Crippen LogP contribution in [0.3, 0.4) is 0 Å². The monoisotopic (exact) mass is 263 g/mol. The fourth-order valence-corrected chi connectivity index (χ4v) is 2.19. The third-order valence-corrected chi connectivity index (χ3v) is 3.59. The zero-order valence-electron chi connectivity index (χ0n) is 12.1. The molecule has 0 spiro atoms. The summed E-state index contributed by atoms with van der Waals surface area (Å²) in [6.45, 7) is 7.46. The first kappa shape index (κ1) is 14.2. The van der Waals surface area contributed by atoms with E-state index in [4.69, 9.17) is 9.47 Å². The highest BCUT2D eigenvalue weighted by molar-refractivity contribution is 5.43. The highest BCUT2D eigenvalue weighted by Gasteiger charge is 2.18. The van der Waals surface area contributed by atoms with Gasteiger partial charge in [-0.05, 0) is 49.9 Å². The summed E-state index contributed by atoms with van der Waals surface area (Å²) in [6, 6.07) is 6.24. The average molecular weight is 263 g/mol. The Hall–Kier alpha value is -1.22. The van der Waals surface area contributed by atoms with Crippen LogP contribution in [0.25, 0.3) is 0 Å². The third-order valence-electron chi connectivity index (χ3n) is 3.59. The van der Waals surface area contributed by atoms with Gasteiger partial charge in [0.25, 0.3) is 0 Å². The van der Waals surface area contributed by atoms with E-state index in [1.54, 1.807) is 0 Å². The van der Waals surface area contributed by atoms with Crippen molar-refractivity contribution in [1.82, 2.24) is 5.32 Å². The van der Waals surface area contributed by atoms with Crippen LogP contribution in [0, 0.1) is 5.92 Å². The molecular formula is C16H25NO2. The minimum absolute atomic E-state index is 0.671. The lowest BCUT2D eigenvalue weighted by molar-refractivity contribution is 0.174. The first-order valence-corrected chi connectivity index (χ1v) is 7.42. The Balaban J connectivity index is 1.98. The van der Waals surface area contributed by atoms with Crippen LogP contribution in [0.5, 0.6) is 11.5 Å². The second kappa shape index (κ2) is 7.39. The highest BCUT2D eigenvalue weighted by Crippen LogP contribution is 2.32. The standard InChI is InChI=1S/C16H25NO2/c1-3-17-11-14-8-9-15(16(10-14)18-4-2)19-12-13-6-5-7-13/h8-10,13,17H,3-7,11-12H2,1-2H3. The van der Waals surface area contributed by atoms with E-state index in [9.17, 15) is 0 Å². The SMILES string of the molecule is CCNCc1ccc(OCC2CCC2)c(OCC)c1. The van der Waals surface area contributed by atoms with Crippen LogP contribution in [0.4, 0.5) is 0 Å². The summed E-state index contributed by atoms with van der Waals surface area (Å²) in [5.41, 5.74) is 1.24. The molecule has 0 atom stereocenters.